The minimum Gasteiger partial charge on any atom is -0.355 e. The van der Waals surface area contributed by atoms with Gasteiger partial charge in [-0.25, -0.2) is 0 Å². The van der Waals surface area contributed by atoms with Crippen molar-refractivity contribution in [3.8, 4) is 0 Å². The molecule has 1 saturated heterocycles. The van der Waals surface area contributed by atoms with E-state index in [0.29, 0.717) is 13.1 Å². The third kappa shape index (κ3) is 3.42. The summed E-state index contributed by atoms with van der Waals surface area (Å²) in [6.07, 6.45) is 1.71. The SMILES string of the molecule is O=C1NCCCC1NCc1ccc(Cl)c([N+](=O)[O-])c1. The van der Waals surface area contributed by atoms with E-state index in [1.54, 1.807) is 6.07 Å². The lowest BCUT2D eigenvalue weighted by atomic mass is 10.1. The fourth-order valence-corrected chi connectivity index (χ4v) is 2.20. The molecule has 19 heavy (non-hydrogen) atoms. The summed E-state index contributed by atoms with van der Waals surface area (Å²) in [6, 6.07) is 4.40. The first-order valence-electron chi connectivity index (χ1n) is 6.02. The highest BCUT2D eigenvalue weighted by Crippen LogP contribution is 2.25. The van der Waals surface area contributed by atoms with Crippen molar-refractivity contribution in [1.29, 1.82) is 0 Å². The maximum absolute atomic E-state index is 11.5. The third-order valence-electron chi connectivity index (χ3n) is 3.05. The smallest absolute Gasteiger partial charge is 0.288 e. The highest BCUT2D eigenvalue weighted by atomic mass is 35.5. The van der Waals surface area contributed by atoms with Gasteiger partial charge in [0, 0.05) is 19.2 Å². The molecule has 0 aromatic heterocycles. The fourth-order valence-electron chi connectivity index (χ4n) is 2.02. The number of benzene rings is 1. The summed E-state index contributed by atoms with van der Waals surface area (Å²) in [5.41, 5.74) is 0.614. The van der Waals surface area contributed by atoms with Gasteiger partial charge in [0.2, 0.25) is 5.91 Å². The van der Waals surface area contributed by atoms with E-state index in [1.807, 2.05) is 0 Å². The second-order valence-corrected chi connectivity index (χ2v) is 4.82. The number of nitro groups is 1. The molecule has 1 heterocycles. The van der Waals surface area contributed by atoms with E-state index in [9.17, 15) is 14.9 Å². The molecule has 1 aromatic rings. The lowest BCUT2D eigenvalue weighted by Crippen LogP contribution is -2.47. The molecule has 1 amide bonds. The van der Waals surface area contributed by atoms with Crippen molar-refractivity contribution < 1.29 is 9.72 Å². The van der Waals surface area contributed by atoms with Crippen LogP contribution in [0.15, 0.2) is 18.2 Å². The molecule has 1 aliphatic rings. The van der Waals surface area contributed by atoms with Crippen LogP contribution in [-0.2, 0) is 11.3 Å². The lowest BCUT2D eigenvalue weighted by Gasteiger charge is -2.22. The molecule has 0 radical (unpaired) electrons. The van der Waals surface area contributed by atoms with Gasteiger partial charge in [-0.1, -0.05) is 17.7 Å². The standard InChI is InChI=1S/C12H14ClN3O3/c13-9-4-3-8(6-11(9)16(18)19)7-15-10-2-1-5-14-12(10)17/h3-4,6,10,15H,1-2,5,7H2,(H,14,17). The van der Waals surface area contributed by atoms with Crippen molar-refractivity contribution in [3.63, 3.8) is 0 Å². The average molecular weight is 284 g/mol. The summed E-state index contributed by atoms with van der Waals surface area (Å²) >= 11 is 5.74. The number of piperidine rings is 1. The molecular formula is C12H14ClN3O3. The van der Waals surface area contributed by atoms with E-state index in [4.69, 9.17) is 11.6 Å². The molecule has 102 valence electrons. The molecule has 7 heteroatoms. The number of hydrogen-bond donors (Lipinski definition) is 2. The van der Waals surface area contributed by atoms with Crippen molar-refractivity contribution in [2.24, 2.45) is 0 Å². The van der Waals surface area contributed by atoms with E-state index in [-0.39, 0.29) is 22.7 Å². The molecule has 0 saturated carbocycles. The van der Waals surface area contributed by atoms with Crippen molar-refractivity contribution >= 4 is 23.2 Å². The number of hydrogen-bond acceptors (Lipinski definition) is 4. The van der Waals surface area contributed by atoms with E-state index >= 15 is 0 Å². The molecule has 1 aliphatic heterocycles. The second kappa shape index (κ2) is 5.99. The number of rotatable bonds is 4. The molecule has 2 rings (SSSR count). The van der Waals surface area contributed by atoms with E-state index < -0.39 is 4.92 Å². The minimum absolute atomic E-state index is 0.0188. The Balaban J connectivity index is 2.01. The van der Waals surface area contributed by atoms with Crippen molar-refractivity contribution in [2.45, 2.75) is 25.4 Å². The fraction of sp³-hybridized carbons (Fsp3) is 0.417. The van der Waals surface area contributed by atoms with Crippen molar-refractivity contribution in [2.75, 3.05) is 6.54 Å². The van der Waals surface area contributed by atoms with Crippen LogP contribution in [0.2, 0.25) is 5.02 Å². The van der Waals surface area contributed by atoms with Gasteiger partial charge in [0.15, 0.2) is 0 Å². The quantitative estimate of drug-likeness (QED) is 0.649. The summed E-state index contributed by atoms with van der Waals surface area (Å²) in [4.78, 5) is 21.8. The molecular weight excluding hydrogens is 270 g/mol. The first-order chi connectivity index (χ1) is 9.08. The number of carbonyl (C=O) groups excluding carboxylic acids is 1. The van der Waals surface area contributed by atoms with Gasteiger partial charge < -0.3 is 10.6 Å². The number of nitro benzene ring substituents is 1. The maximum atomic E-state index is 11.5. The van der Waals surface area contributed by atoms with Gasteiger partial charge in [0.1, 0.15) is 5.02 Å². The van der Waals surface area contributed by atoms with Crippen molar-refractivity contribution in [3.05, 3.63) is 38.9 Å². The third-order valence-corrected chi connectivity index (χ3v) is 3.36. The van der Waals surface area contributed by atoms with Gasteiger partial charge in [-0.2, -0.15) is 0 Å². The Morgan fingerprint density at radius 2 is 2.32 bits per heavy atom. The van der Waals surface area contributed by atoms with Crippen LogP contribution in [0.25, 0.3) is 0 Å². The van der Waals surface area contributed by atoms with Crippen LogP contribution in [0.1, 0.15) is 18.4 Å². The van der Waals surface area contributed by atoms with Gasteiger partial charge in [-0.15, -0.1) is 0 Å². The Hall–Kier alpha value is -1.66. The van der Waals surface area contributed by atoms with Crippen LogP contribution in [0, 0.1) is 10.1 Å². The topological polar surface area (TPSA) is 84.3 Å². The normalized spacial score (nSPS) is 19.0. The van der Waals surface area contributed by atoms with Crippen LogP contribution in [0.3, 0.4) is 0 Å². The number of carbonyl (C=O) groups is 1. The largest absolute Gasteiger partial charge is 0.355 e. The summed E-state index contributed by atoms with van der Waals surface area (Å²) in [5, 5.41) is 16.8. The zero-order valence-electron chi connectivity index (χ0n) is 10.2. The minimum atomic E-state index is -0.515. The molecule has 0 spiro atoms. The second-order valence-electron chi connectivity index (χ2n) is 4.41. The maximum Gasteiger partial charge on any atom is 0.288 e. The van der Waals surface area contributed by atoms with Crippen LogP contribution in [0.5, 0.6) is 0 Å². The molecule has 1 unspecified atom stereocenters. The molecule has 0 aliphatic carbocycles. The van der Waals surface area contributed by atoms with E-state index in [0.717, 1.165) is 18.4 Å². The Bertz CT molecular complexity index is 507. The number of nitrogens with one attached hydrogen (secondary N) is 2. The summed E-state index contributed by atoms with van der Waals surface area (Å²) in [7, 11) is 0. The Labute approximate surface area is 115 Å². The predicted octanol–water partition coefficient (Wildman–Crippen LogP) is 1.62. The molecule has 2 N–H and O–H groups in total. The summed E-state index contributed by atoms with van der Waals surface area (Å²) < 4.78 is 0. The zero-order chi connectivity index (χ0) is 13.8. The molecule has 6 nitrogen and oxygen atoms in total. The predicted molar refractivity (Wildman–Crippen MR) is 71.0 cm³/mol. The Kier molecular flexibility index (Phi) is 4.34. The molecule has 1 fully saturated rings. The zero-order valence-corrected chi connectivity index (χ0v) is 10.9. The molecule has 1 atom stereocenters. The highest BCUT2D eigenvalue weighted by Gasteiger charge is 2.21. The van der Waals surface area contributed by atoms with Gasteiger partial charge in [0.05, 0.1) is 11.0 Å². The first-order valence-corrected chi connectivity index (χ1v) is 6.39. The van der Waals surface area contributed by atoms with Crippen LogP contribution < -0.4 is 10.6 Å². The van der Waals surface area contributed by atoms with E-state index in [1.165, 1.54) is 12.1 Å². The highest BCUT2D eigenvalue weighted by molar-refractivity contribution is 6.32. The van der Waals surface area contributed by atoms with Crippen LogP contribution in [0.4, 0.5) is 5.69 Å². The van der Waals surface area contributed by atoms with Crippen molar-refractivity contribution in [1.82, 2.24) is 10.6 Å². The van der Waals surface area contributed by atoms with Gasteiger partial charge in [0.25, 0.3) is 5.69 Å². The summed E-state index contributed by atoms with van der Waals surface area (Å²) in [5.74, 6) is -0.0188. The first kappa shape index (κ1) is 13.8. The van der Waals surface area contributed by atoms with Crippen LogP contribution in [-0.4, -0.2) is 23.4 Å². The number of halogens is 1. The molecule has 1 aromatic carbocycles. The Morgan fingerprint density at radius 3 is 3.00 bits per heavy atom. The van der Waals surface area contributed by atoms with Gasteiger partial charge >= 0.3 is 0 Å². The monoisotopic (exact) mass is 283 g/mol. The van der Waals surface area contributed by atoms with Gasteiger partial charge in [-0.05, 0) is 24.5 Å². The lowest BCUT2D eigenvalue weighted by molar-refractivity contribution is -0.384. The molecule has 0 bridgehead atoms. The summed E-state index contributed by atoms with van der Waals surface area (Å²) in [6.45, 7) is 1.11. The van der Waals surface area contributed by atoms with Crippen LogP contribution >= 0.6 is 11.6 Å². The van der Waals surface area contributed by atoms with Gasteiger partial charge in [-0.3, -0.25) is 14.9 Å². The average Bonchev–Trinajstić information content (AvgIpc) is 2.39. The van der Waals surface area contributed by atoms with E-state index in [2.05, 4.69) is 10.6 Å². The Morgan fingerprint density at radius 1 is 1.53 bits per heavy atom. The number of nitrogens with zero attached hydrogens (tertiary/aromatic N) is 1. The number of amides is 1.